The third-order valence-corrected chi connectivity index (χ3v) is 2.18. The average Bonchev–Trinajstić information content (AvgIpc) is 2.55. The lowest BCUT2D eigenvalue weighted by Gasteiger charge is -2.10. The van der Waals surface area contributed by atoms with Gasteiger partial charge < -0.3 is 14.8 Å². The molecule has 1 atom stereocenters. The molecule has 1 saturated heterocycles. The van der Waals surface area contributed by atoms with Crippen LogP contribution in [0.3, 0.4) is 0 Å². The van der Waals surface area contributed by atoms with Crippen LogP contribution in [0, 0.1) is 5.92 Å². The summed E-state index contributed by atoms with van der Waals surface area (Å²) in [5.41, 5.74) is 0. The Morgan fingerprint density at radius 1 is 1.54 bits per heavy atom. The first-order valence-electron chi connectivity index (χ1n) is 5.18. The van der Waals surface area contributed by atoms with Crippen molar-refractivity contribution in [1.82, 2.24) is 5.32 Å². The van der Waals surface area contributed by atoms with Gasteiger partial charge >= 0.3 is 0 Å². The fourth-order valence-corrected chi connectivity index (χ4v) is 1.38. The van der Waals surface area contributed by atoms with Gasteiger partial charge in [0.25, 0.3) is 0 Å². The Kier molecular flexibility index (Phi) is 5.35. The van der Waals surface area contributed by atoms with Crippen LogP contribution in [0.5, 0.6) is 0 Å². The molecule has 1 unspecified atom stereocenters. The topological polar surface area (TPSA) is 30.5 Å². The van der Waals surface area contributed by atoms with Gasteiger partial charge in [-0.15, -0.1) is 0 Å². The first-order chi connectivity index (χ1) is 6.29. The zero-order valence-corrected chi connectivity index (χ0v) is 8.71. The predicted molar refractivity (Wildman–Crippen MR) is 52.9 cm³/mol. The zero-order valence-electron chi connectivity index (χ0n) is 8.71. The first-order valence-corrected chi connectivity index (χ1v) is 5.18. The minimum atomic E-state index is 0.554. The Morgan fingerprint density at radius 3 is 3.00 bits per heavy atom. The molecule has 0 amide bonds. The standard InChI is InChI=1S/C10H21NO2/c1-9(2)11-4-6-13-8-10-3-5-12-7-10/h9-11H,3-8H2,1-2H3. The fraction of sp³-hybridized carbons (Fsp3) is 1.00. The maximum atomic E-state index is 5.53. The molecule has 1 aliphatic rings. The van der Waals surface area contributed by atoms with Crippen molar-refractivity contribution in [2.75, 3.05) is 33.0 Å². The number of hydrogen-bond donors (Lipinski definition) is 1. The van der Waals surface area contributed by atoms with E-state index in [4.69, 9.17) is 9.47 Å². The van der Waals surface area contributed by atoms with Crippen LogP contribution in [0.25, 0.3) is 0 Å². The van der Waals surface area contributed by atoms with Crippen LogP contribution in [0.1, 0.15) is 20.3 Å². The summed E-state index contributed by atoms with van der Waals surface area (Å²) in [5, 5.41) is 3.31. The molecule has 1 heterocycles. The van der Waals surface area contributed by atoms with Crippen molar-refractivity contribution in [2.24, 2.45) is 5.92 Å². The van der Waals surface area contributed by atoms with Crippen LogP contribution in [0.2, 0.25) is 0 Å². The fourth-order valence-electron chi connectivity index (χ4n) is 1.38. The van der Waals surface area contributed by atoms with Gasteiger partial charge in [-0.25, -0.2) is 0 Å². The Balaban J connectivity index is 1.83. The smallest absolute Gasteiger partial charge is 0.0591 e. The van der Waals surface area contributed by atoms with E-state index in [1.165, 1.54) is 0 Å². The highest BCUT2D eigenvalue weighted by molar-refractivity contribution is 4.62. The second-order valence-corrected chi connectivity index (χ2v) is 3.91. The van der Waals surface area contributed by atoms with Gasteiger partial charge in [0.1, 0.15) is 0 Å². The quantitative estimate of drug-likeness (QED) is 0.630. The van der Waals surface area contributed by atoms with Crippen molar-refractivity contribution in [3.05, 3.63) is 0 Å². The molecule has 1 rings (SSSR count). The van der Waals surface area contributed by atoms with Crippen molar-refractivity contribution in [2.45, 2.75) is 26.3 Å². The summed E-state index contributed by atoms with van der Waals surface area (Å²) < 4.78 is 10.8. The Hall–Kier alpha value is -0.120. The second kappa shape index (κ2) is 6.35. The molecular formula is C10H21NO2. The minimum Gasteiger partial charge on any atom is -0.381 e. The molecule has 0 aliphatic carbocycles. The van der Waals surface area contributed by atoms with Gasteiger partial charge in [-0.2, -0.15) is 0 Å². The van der Waals surface area contributed by atoms with Gasteiger partial charge in [0, 0.05) is 25.1 Å². The lowest BCUT2D eigenvalue weighted by molar-refractivity contribution is 0.0906. The van der Waals surface area contributed by atoms with E-state index < -0.39 is 0 Å². The SMILES string of the molecule is CC(C)NCCOCC1CCOC1. The molecule has 3 heteroatoms. The van der Waals surface area contributed by atoms with Gasteiger partial charge in [0.05, 0.1) is 19.8 Å². The van der Waals surface area contributed by atoms with Crippen molar-refractivity contribution in [1.29, 1.82) is 0 Å². The van der Waals surface area contributed by atoms with E-state index in [-0.39, 0.29) is 0 Å². The third-order valence-electron chi connectivity index (χ3n) is 2.18. The van der Waals surface area contributed by atoms with Crippen molar-refractivity contribution >= 4 is 0 Å². The molecule has 1 fully saturated rings. The molecule has 0 spiro atoms. The van der Waals surface area contributed by atoms with Crippen LogP contribution in [-0.2, 0) is 9.47 Å². The summed E-state index contributed by atoms with van der Waals surface area (Å²) in [5.74, 6) is 0.638. The van der Waals surface area contributed by atoms with Crippen molar-refractivity contribution in [3.8, 4) is 0 Å². The molecule has 0 aromatic heterocycles. The molecule has 0 saturated carbocycles. The summed E-state index contributed by atoms with van der Waals surface area (Å²) in [6, 6.07) is 0.554. The highest BCUT2D eigenvalue weighted by atomic mass is 16.5. The van der Waals surface area contributed by atoms with E-state index in [1.54, 1.807) is 0 Å². The highest BCUT2D eigenvalue weighted by Gasteiger charge is 2.14. The molecule has 13 heavy (non-hydrogen) atoms. The molecule has 0 aromatic rings. The van der Waals surface area contributed by atoms with Crippen molar-refractivity contribution in [3.63, 3.8) is 0 Å². The van der Waals surface area contributed by atoms with Gasteiger partial charge in [-0.1, -0.05) is 13.8 Å². The summed E-state index contributed by atoms with van der Waals surface area (Å²) in [6.07, 6.45) is 1.16. The molecule has 3 nitrogen and oxygen atoms in total. The van der Waals surface area contributed by atoms with Gasteiger partial charge in [-0.3, -0.25) is 0 Å². The number of ether oxygens (including phenoxy) is 2. The lowest BCUT2D eigenvalue weighted by atomic mass is 10.1. The molecule has 78 valence electrons. The second-order valence-electron chi connectivity index (χ2n) is 3.91. The Labute approximate surface area is 80.8 Å². The van der Waals surface area contributed by atoms with Crippen LogP contribution < -0.4 is 5.32 Å². The molecule has 0 aromatic carbocycles. The van der Waals surface area contributed by atoms with Crippen LogP contribution in [0.4, 0.5) is 0 Å². The van der Waals surface area contributed by atoms with E-state index in [0.29, 0.717) is 12.0 Å². The molecular weight excluding hydrogens is 166 g/mol. The maximum absolute atomic E-state index is 5.53. The zero-order chi connectivity index (χ0) is 9.52. The van der Waals surface area contributed by atoms with Crippen LogP contribution in [-0.4, -0.2) is 39.0 Å². The summed E-state index contributed by atoms with van der Waals surface area (Å²) in [7, 11) is 0. The third kappa shape index (κ3) is 5.24. The Morgan fingerprint density at radius 2 is 2.38 bits per heavy atom. The van der Waals surface area contributed by atoms with Crippen molar-refractivity contribution < 1.29 is 9.47 Å². The van der Waals surface area contributed by atoms with E-state index >= 15 is 0 Å². The normalized spacial score (nSPS) is 22.8. The van der Waals surface area contributed by atoms with E-state index in [9.17, 15) is 0 Å². The summed E-state index contributed by atoms with van der Waals surface area (Å²) in [6.45, 7) is 8.71. The monoisotopic (exact) mass is 187 g/mol. The first kappa shape index (κ1) is 11.0. The number of hydrogen-bond acceptors (Lipinski definition) is 3. The highest BCUT2D eigenvalue weighted by Crippen LogP contribution is 2.11. The van der Waals surface area contributed by atoms with E-state index in [0.717, 1.165) is 39.4 Å². The average molecular weight is 187 g/mol. The Bertz CT molecular complexity index is 122. The van der Waals surface area contributed by atoms with Gasteiger partial charge in [0.15, 0.2) is 0 Å². The van der Waals surface area contributed by atoms with Crippen LogP contribution >= 0.6 is 0 Å². The molecule has 0 bridgehead atoms. The van der Waals surface area contributed by atoms with Gasteiger partial charge in [-0.05, 0) is 6.42 Å². The summed E-state index contributed by atoms with van der Waals surface area (Å²) in [4.78, 5) is 0. The van der Waals surface area contributed by atoms with E-state index in [1.807, 2.05) is 0 Å². The molecule has 1 aliphatic heterocycles. The maximum Gasteiger partial charge on any atom is 0.0591 e. The van der Waals surface area contributed by atoms with Crippen LogP contribution in [0.15, 0.2) is 0 Å². The largest absolute Gasteiger partial charge is 0.381 e. The minimum absolute atomic E-state index is 0.554. The predicted octanol–water partition coefficient (Wildman–Crippen LogP) is 1.04. The van der Waals surface area contributed by atoms with Gasteiger partial charge in [0.2, 0.25) is 0 Å². The molecule has 1 N–H and O–H groups in total. The van der Waals surface area contributed by atoms with E-state index in [2.05, 4.69) is 19.2 Å². The summed E-state index contributed by atoms with van der Waals surface area (Å²) >= 11 is 0. The number of rotatable bonds is 6. The lowest BCUT2D eigenvalue weighted by Crippen LogP contribution is -2.27. The number of nitrogens with one attached hydrogen (secondary N) is 1. The molecule has 0 radical (unpaired) electrons.